The summed E-state index contributed by atoms with van der Waals surface area (Å²) >= 11 is 0. The number of hydrogen-bond donors (Lipinski definition) is 2. The van der Waals surface area contributed by atoms with E-state index >= 15 is 0 Å². The van der Waals surface area contributed by atoms with E-state index in [1.54, 1.807) is 13.1 Å². The van der Waals surface area contributed by atoms with Gasteiger partial charge in [0.15, 0.2) is 0 Å². The topological polar surface area (TPSA) is 78.5 Å². The van der Waals surface area contributed by atoms with Crippen LogP contribution in [0.2, 0.25) is 0 Å². The normalized spacial score (nSPS) is 15.4. The number of benzene rings is 2. The van der Waals surface area contributed by atoms with E-state index in [1.807, 2.05) is 51.1 Å². The molecule has 146 valence electrons. The van der Waals surface area contributed by atoms with Crippen LogP contribution in [0.25, 0.3) is 0 Å². The summed E-state index contributed by atoms with van der Waals surface area (Å²) < 4.78 is 0. The van der Waals surface area contributed by atoms with Gasteiger partial charge in [0.25, 0.3) is 0 Å². The number of nitrogens with one attached hydrogen (secondary N) is 2. The second-order valence-corrected chi connectivity index (χ2v) is 7.41. The molecule has 0 aliphatic carbocycles. The zero-order valence-electron chi connectivity index (χ0n) is 16.6. The van der Waals surface area contributed by atoms with Crippen molar-refractivity contribution in [1.82, 2.24) is 4.90 Å². The zero-order valence-corrected chi connectivity index (χ0v) is 16.6. The largest absolute Gasteiger partial charge is 0.336 e. The Morgan fingerprint density at radius 1 is 1.14 bits per heavy atom. The molecule has 0 fully saturated rings. The molecule has 1 aliphatic rings. The number of amides is 3. The zero-order chi connectivity index (χ0) is 20.4. The van der Waals surface area contributed by atoms with E-state index < -0.39 is 5.92 Å². The standard InChI is InChI=1S/C22H25N3O3/c1-13-9-14(2)21(15(3)10-13)24-20(27)12-25(4)22(28)17-11-19(26)23-18-8-6-5-7-16(17)18/h5-10,17H,11-12H2,1-4H3,(H,23,26)(H,24,27). The molecule has 0 bridgehead atoms. The number of carbonyl (C=O) groups excluding carboxylic acids is 3. The first kappa shape index (κ1) is 19.6. The molecule has 0 spiro atoms. The van der Waals surface area contributed by atoms with Crippen LogP contribution in [0.15, 0.2) is 36.4 Å². The lowest BCUT2D eigenvalue weighted by molar-refractivity contribution is -0.136. The van der Waals surface area contributed by atoms with E-state index in [9.17, 15) is 14.4 Å². The van der Waals surface area contributed by atoms with Gasteiger partial charge in [0, 0.05) is 24.8 Å². The monoisotopic (exact) mass is 379 g/mol. The average molecular weight is 379 g/mol. The van der Waals surface area contributed by atoms with E-state index in [0.717, 1.165) is 27.9 Å². The molecule has 28 heavy (non-hydrogen) atoms. The molecular weight excluding hydrogens is 354 g/mol. The highest BCUT2D eigenvalue weighted by Gasteiger charge is 2.32. The molecule has 6 heteroatoms. The molecule has 1 atom stereocenters. The molecule has 2 aromatic carbocycles. The van der Waals surface area contributed by atoms with E-state index in [1.165, 1.54) is 4.90 Å². The summed E-state index contributed by atoms with van der Waals surface area (Å²) in [7, 11) is 1.59. The van der Waals surface area contributed by atoms with Crippen LogP contribution in [-0.2, 0) is 14.4 Å². The van der Waals surface area contributed by atoms with Gasteiger partial charge in [0.1, 0.15) is 0 Å². The average Bonchev–Trinajstić information content (AvgIpc) is 2.63. The molecule has 1 unspecified atom stereocenters. The van der Waals surface area contributed by atoms with Gasteiger partial charge in [-0.05, 0) is 43.5 Å². The molecule has 0 aromatic heterocycles. The first-order valence-corrected chi connectivity index (χ1v) is 9.27. The Labute approximate surface area is 164 Å². The van der Waals surface area contributed by atoms with Crippen molar-refractivity contribution in [2.45, 2.75) is 33.1 Å². The number of hydrogen-bond acceptors (Lipinski definition) is 3. The molecular formula is C22H25N3O3. The van der Waals surface area contributed by atoms with Crippen molar-refractivity contribution in [1.29, 1.82) is 0 Å². The number of rotatable bonds is 4. The lowest BCUT2D eigenvalue weighted by atomic mass is 9.89. The summed E-state index contributed by atoms with van der Waals surface area (Å²) in [6.07, 6.45) is 0.0813. The molecule has 0 radical (unpaired) electrons. The SMILES string of the molecule is Cc1cc(C)c(NC(=O)CN(C)C(=O)C2CC(=O)Nc3ccccc32)c(C)c1. The van der Waals surface area contributed by atoms with Gasteiger partial charge < -0.3 is 15.5 Å². The van der Waals surface area contributed by atoms with Crippen LogP contribution >= 0.6 is 0 Å². The van der Waals surface area contributed by atoms with Crippen molar-refractivity contribution >= 4 is 29.1 Å². The van der Waals surface area contributed by atoms with Gasteiger partial charge in [-0.25, -0.2) is 0 Å². The van der Waals surface area contributed by atoms with E-state index in [4.69, 9.17) is 0 Å². The van der Waals surface area contributed by atoms with Gasteiger partial charge in [-0.2, -0.15) is 0 Å². The maximum Gasteiger partial charge on any atom is 0.243 e. The van der Waals surface area contributed by atoms with Crippen molar-refractivity contribution < 1.29 is 14.4 Å². The minimum atomic E-state index is -0.578. The summed E-state index contributed by atoms with van der Waals surface area (Å²) in [4.78, 5) is 38.8. The van der Waals surface area contributed by atoms with Gasteiger partial charge in [-0.1, -0.05) is 35.9 Å². The highest BCUT2D eigenvalue weighted by Crippen LogP contribution is 2.33. The number of anilines is 2. The Hall–Kier alpha value is -3.15. The molecule has 6 nitrogen and oxygen atoms in total. The number of likely N-dealkylation sites (N-methyl/N-ethyl adjacent to an activating group) is 1. The first-order chi connectivity index (χ1) is 13.3. The minimum Gasteiger partial charge on any atom is -0.336 e. The number of fused-ring (bicyclic) bond motifs is 1. The molecule has 1 aliphatic heterocycles. The molecule has 1 heterocycles. The molecule has 0 saturated carbocycles. The van der Waals surface area contributed by atoms with Crippen LogP contribution in [0, 0.1) is 20.8 Å². The quantitative estimate of drug-likeness (QED) is 0.857. The van der Waals surface area contributed by atoms with Gasteiger partial charge in [-0.15, -0.1) is 0 Å². The number of aryl methyl sites for hydroxylation is 3. The Kier molecular flexibility index (Phi) is 5.49. The Morgan fingerprint density at radius 3 is 2.46 bits per heavy atom. The summed E-state index contributed by atoms with van der Waals surface area (Å²) in [6.45, 7) is 5.83. The van der Waals surface area contributed by atoms with Crippen molar-refractivity contribution in [3.63, 3.8) is 0 Å². The second kappa shape index (κ2) is 7.84. The molecule has 2 aromatic rings. The fourth-order valence-corrected chi connectivity index (χ4v) is 3.75. The Balaban J connectivity index is 1.71. The van der Waals surface area contributed by atoms with Crippen LogP contribution in [0.3, 0.4) is 0 Å². The molecule has 0 saturated heterocycles. The van der Waals surface area contributed by atoms with Gasteiger partial charge in [-0.3, -0.25) is 14.4 Å². The third-order valence-electron chi connectivity index (χ3n) is 5.00. The fourth-order valence-electron chi connectivity index (χ4n) is 3.75. The smallest absolute Gasteiger partial charge is 0.243 e. The van der Waals surface area contributed by atoms with Crippen LogP contribution in [0.4, 0.5) is 11.4 Å². The summed E-state index contributed by atoms with van der Waals surface area (Å²) in [6, 6.07) is 11.3. The number of para-hydroxylation sites is 1. The van der Waals surface area contributed by atoms with E-state index in [2.05, 4.69) is 10.6 Å². The minimum absolute atomic E-state index is 0.0775. The van der Waals surface area contributed by atoms with Crippen LogP contribution < -0.4 is 10.6 Å². The number of carbonyl (C=O) groups is 3. The van der Waals surface area contributed by atoms with Crippen LogP contribution in [0.5, 0.6) is 0 Å². The summed E-state index contributed by atoms with van der Waals surface area (Å²) in [5.41, 5.74) is 5.31. The van der Waals surface area contributed by atoms with Gasteiger partial charge in [0.2, 0.25) is 17.7 Å². The van der Waals surface area contributed by atoms with Crippen LogP contribution in [-0.4, -0.2) is 36.2 Å². The second-order valence-electron chi connectivity index (χ2n) is 7.41. The third kappa shape index (κ3) is 4.06. The van der Waals surface area contributed by atoms with Crippen molar-refractivity contribution in [3.8, 4) is 0 Å². The summed E-state index contributed by atoms with van der Waals surface area (Å²) in [5.74, 6) is -1.28. The predicted octanol–water partition coefficient (Wildman–Crippen LogP) is 3.13. The lowest BCUT2D eigenvalue weighted by Gasteiger charge is -2.28. The van der Waals surface area contributed by atoms with Gasteiger partial charge in [0.05, 0.1) is 12.5 Å². The maximum absolute atomic E-state index is 12.9. The highest BCUT2D eigenvalue weighted by molar-refractivity contribution is 6.02. The maximum atomic E-state index is 12.9. The molecule has 3 rings (SSSR count). The summed E-state index contributed by atoms with van der Waals surface area (Å²) in [5, 5.41) is 5.70. The lowest BCUT2D eigenvalue weighted by Crippen LogP contribution is -2.40. The fraction of sp³-hybridized carbons (Fsp3) is 0.318. The van der Waals surface area contributed by atoms with E-state index in [-0.39, 0.29) is 30.7 Å². The third-order valence-corrected chi connectivity index (χ3v) is 5.00. The van der Waals surface area contributed by atoms with Gasteiger partial charge >= 0.3 is 0 Å². The van der Waals surface area contributed by atoms with Crippen molar-refractivity contribution in [2.75, 3.05) is 24.2 Å². The van der Waals surface area contributed by atoms with Crippen molar-refractivity contribution in [2.24, 2.45) is 0 Å². The first-order valence-electron chi connectivity index (χ1n) is 9.27. The van der Waals surface area contributed by atoms with Crippen molar-refractivity contribution in [3.05, 3.63) is 58.7 Å². The predicted molar refractivity (Wildman–Crippen MR) is 109 cm³/mol. The van der Waals surface area contributed by atoms with Crippen LogP contribution in [0.1, 0.15) is 34.6 Å². The molecule has 3 amide bonds. The van der Waals surface area contributed by atoms with E-state index in [0.29, 0.717) is 5.69 Å². The number of nitrogens with zero attached hydrogens (tertiary/aromatic N) is 1. The highest BCUT2D eigenvalue weighted by atomic mass is 16.2. The molecule has 2 N–H and O–H groups in total. The Morgan fingerprint density at radius 2 is 1.79 bits per heavy atom. The Bertz CT molecular complexity index is 929.